The van der Waals surface area contributed by atoms with Crippen molar-refractivity contribution >= 4 is 44.8 Å². The van der Waals surface area contributed by atoms with Crippen molar-refractivity contribution < 1.29 is 4.74 Å². The van der Waals surface area contributed by atoms with E-state index in [9.17, 15) is 0 Å². The van der Waals surface area contributed by atoms with E-state index < -0.39 is 0 Å². The Balaban J connectivity index is 2.04. The number of hydrogen-bond acceptors (Lipinski definition) is 2. The molecule has 5 heteroatoms. The molecule has 0 saturated heterocycles. The van der Waals surface area contributed by atoms with Gasteiger partial charge in [-0.3, -0.25) is 0 Å². The summed E-state index contributed by atoms with van der Waals surface area (Å²) in [7, 11) is 0. The molecule has 0 fully saturated rings. The Bertz CT molecular complexity index is 514. The molecule has 0 saturated carbocycles. The molecule has 0 heterocycles. The van der Waals surface area contributed by atoms with Crippen LogP contribution in [0.25, 0.3) is 0 Å². The summed E-state index contributed by atoms with van der Waals surface area (Å²) in [6, 6.07) is 5.49. The van der Waals surface area contributed by atoms with Crippen LogP contribution in [0.5, 0.6) is 5.75 Å². The third kappa shape index (κ3) is 3.44. The van der Waals surface area contributed by atoms with Gasteiger partial charge >= 0.3 is 0 Å². The van der Waals surface area contributed by atoms with Crippen molar-refractivity contribution in [3.05, 3.63) is 45.4 Å². The number of ether oxygens (including phenoxy) is 1. The van der Waals surface area contributed by atoms with Crippen LogP contribution in [0, 0.1) is 0 Å². The standard InChI is InChI=1S/C13H12BrCl2NO/c14-9-2-4-12(17)13(5-9)18-7-8-1-3-10(15)6-11(8)16/h1-2,4-6,10H,3,7,17H2. The van der Waals surface area contributed by atoms with E-state index in [1.54, 1.807) is 6.07 Å². The summed E-state index contributed by atoms with van der Waals surface area (Å²) >= 11 is 15.4. The number of rotatable bonds is 3. The van der Waals surface area contributed by atoms with Gasteiger partial charge in [-0.15, -0.1) is 11.6 Å². The summed E-state index contributed by atoms with van der Waals surface area (Å²) in [4.78, 5) is 0. The van der Waals surface area contributed by atoms with Gasteiger partial charge in [-0.25, -0.2) is 0 Å². The lowest BCUT2D eigenvalue weighted by Gasteiger charge is -2.16. The van der Waals surface area contributed by atoms with Gasteiger partial charge in [-0.1, -0.05) is 33.6 Å². The first-order valence-electron chi connectivity index (χ1n) is 5.45. The zero-order valence-electron chi connectivity index (χ0n) is 9.50. The number of nitrogens with two attached hydrogens (primary N) is 1. The van der Waals surface area contributed by atoms with Crippen LogP contribution in [-0.4, -0.2) is 12.0 Å². The minimum Gasteiger partial charge on any atom is -0.487 e. The Morgan fingerprint density at radius 2 is 2.22 bits per heavy atom. The average Bonchev–Trinajstić information content (AvgIpc) is 2.32. The van der Waals surface area contributed by atoms with Gasteiger partial charge in [0, 0.05) is 15.1 Å². The van der Waals surface area contributed by atoms with Gasteiger partial charge in [0.15, 0.2) is 0 Å². The largest absolute Gasteiger partial charge is 0.487 e. The first kappa shape index (κ1) is 13.8. The molecule has 1 atom stereocenters. The molecule has 0 spiro atoms. The Morgan fingerprint density at radius 3 is 2.94 bits per heavy atom. The summed E-state index contributed by atoms with van der Waals surface area (Å²) in [5, 5.41) is 0.618. The zero-order chi connectivity index (χ0) is 13.1. The second-order valence-corrected chi connectivity index (χ2v) is 5.85. The van der Waals surface area contributed by atoms with E-state index in [1.807, 2.05) is 24.3 Å². The Kier molecular flexibility index (Phi) is 4.60. The SMILES string of the molecule is Nc1ccc(Br)cc1OCC1=CCC(Cl)C=C1Cl. The second-order valence-electron chi connectivity index (χ2n) is 3.97. The fraction of sp³-hybridized carbons (Fsp3) is 0.231. The molecule has 96 valence electrons. The fourth-order valence-corrected chi connectivity index (χ4v) is 2.51. The number of halogens is 3. The number of hydrogen-bond donors (Lipinski definition) is 1. The Morgan fingerprint density at radius 1 is 1.44 bits per heavy atom. The minimum absolute atomic E-state index is 0.0304. The van der Waals surface area contributed by atoms with E-state index in [1.165, 1.54) is 0 Å². The predicted octanol–water partition coefficient (Wildman–Crippen LogP) is 4.47. The minimum atomic E-state index is -0.0304. The highest BCUT2D eigenvalue weighted by Gasteiger charge is 2.13. The van der Waals surface area contributed by atoms with Gasteiger partial charge in [-0.05, 0) is 30.7 Å². The summed E-state index contributed by atoms with van der Waals surface area (Å²) in [6.07, 6.45) is 4.59. The first-order valence-corrected chi connectivity index (χ1v) is 7.05. The maximum absolute atomic E-state index is 6.10. The number of allylic oxidation sites excluding steroid dienone is 2. The number of nitrogen functional groups attached to an aromatic ring is 1. The van der Waals surface area contributed by atoms with E-state index >= 15 is 0 Å². The smallest absolute Gasteiger partial charge is 0.143 e. The molecular weight excluding hydrogens is 337 g/mol. The highest BCUT2D eigenvalue weighted by atomic mass is 79.9. The van der Waals surface area contributed by atoms with Crippen molar-refractivity contribution in [2.45, 2.75) is 11.8 Å². The maximum Gasteiger partial charge on any atom is 0.143 e. The van der Waals surface area contributed by atoms with Crippen molar-refractivity contribution in [1.82, 2.24) is 0 Å². The molecule has 1 aliphatic rings. The fourth-order valence-electron chi connectivity index (χ4n) is 1.60. The zero-order valence-corrected chi connectivity index (χ0v) is 12.6. The Hall–Kier alpha value is -0.640. The van der Waals surface area contributed by atoms with Crippen LogP contribution in [0.2, 0.25) is 0 Å². The van der Waals surface area contributed by atoms with Crippen LogP contribution >= 0.6 is 39.1 Å². The quantitative estimate of drug-likeness (QED) is 0.646. The molecule has 2 nitrogen and oxygen atoms in total. The van der Waals surface area contributed by atoms with Gasteiger partial charge in [0.25, 0.3) is 0 Å². The molecule has 2 rings (SSSR count). The van der Waals surface area contributed by atoms with E-state index in [0.29, 0.717) is 23.1 Å². The van der Waals surface area contributed by atoms with Crippen LogP contribution in [0.4, 0.5) is 5.69 Å². The summed E-state index contributed by atoms with van der Waals surface area (Å²) in [5.74, 6) is 0.641. The molecule has 0 aliphatic heterocycles. The molecule has 0 amide bonds. The van der Waals surface area contributed by atoms with E-state index in [0.717, 1.165) is 16.5 Å². The van der Waals surface area contributed by atoms with Crippen molar-refractivity contribution in [1.29, 1.82) is 0 Å². The first-order chi connectivity index (χ1) is 8.56. The lowest BCUT2D eigenvalue weighted by molar-refractivity contribution is 0.356. The van der Waals surface area contributed by atoms with Crippen LogP contribution < -0.4 is 10.5 Å². The van der Waals surface area contributed by atoms with E-state index in [4.69, 9.17) is 33.7 Å². The van der Waals surface area contributed by atoms with Gasteiger partial charge in [0.2, 0.25) is 0 Å². The molecular formula is C13H12BrCl2NO. The highest BCUT2D eigenvalue weighted by Crippen LogP contribution is 2.29. The van der Waals surface area contributed by atoms with Gasteiger partial charge in [0.1, 0.15) is 12.4 Å². The predicted molar refractivity (Wildman–Crippen MR) is 80.3 cm³/mol. The molecule has 2 N–H and O–H groups in total. The van der Waals surface area contributed by atoms with Crippen molar-refractivity contribution in [3.63, 3.8) is 0 Å². The lowest BCUT2D eigenvalue weighted by atomic mass is 10.1. The van der Waals surface area contributed by atoms with Gasteiger partial charge < -0.3 is 10.5 Å². The van der Waals surface area contributed by atoms with Crippen molar-refractivity contribution in [2.24, 2.45) is 0 Å². The molecule has 1 aromatic carbocycles. The van der Waals surface area contributed by atoms with E-state index in [-0.39, 0.29) is 5.38 Å². The Labute approximate surface area is 125 Å². The van der Waals surface area contributed by atoms with Crippen molar-refractivity contribution in [3.8, 4) is 5.75 Å². The number of benzene rings is 1. The van der Waals surface area contributed by atoms with Crippen molar-refractivity contribution in [2.75, 3.05) is 12.3 Å². The number of alkyl halides is 1. The molecule has 0 aromatic heterocycles. The van der Waals surface area contributed by atoms with Crippen LogP contribution in [0.3, 0.4) is 0 Å². The molecule has 0 bridgehead atoms. The number of anilines is 1. The summed E-state index contributed by atoms with van der Waals surface area (Å²) < 4.78 is 6.59. The molecule has 1 unspecified atom stereocenters. The molecule has 0 radical (unpaired) electrons. The van der Waals surface area contributed by atoms with Crippen LogP contribution in [-0.2, 0) is 0 Å². The lowest BCUT2D eigenvalue weighted by Crippen LogP contribution is -2.08. The third-order valence-electron chi connectivity index (χ3n) is 2.58. The van der Waals surface area contributed by atoms with Crippen LogP contribution in [0.1, 0.15) is 6.42 Å². The van der Waals surface area contributed by atoms with Gasteiger partial charge in [0.05, 0.1) is 11.1 Å². The van der Waals surface area contributed by atoms with E-state index in [2.05, 4.69) is 15.9 Å². The summed E-state index contributed by atoms with van der Waals surface area (Å²) in [5.41, 5.74) is 7.37. The van der Waals surface area contributed by atoms with Crippen LogP contribution in [0.15, 0.2) is 45.4 Å². The maximum atomic E-state index is 6.10. The van der Waals surface area contributed by atoms with Gasteiger partial charge in [-0.2, -0.15) is 0 Å². The topological polar surface area (TPSA) is 35.2 Å². The molecule has 1 aromatic rings. The second kappa shape index (κ2) is 6.00. The normalized spacial score (nSPS) is 19.2. The monoisotopic (exact) mass is 347 g/mol. The summed E-state index contributed by atoms with van der Waals surface area (Å²) in [6.45, 7) is 0.388. The highest BCUT2D eigenvalue weighted by molar-refractivity contribution is 9.10. The third-order valence-corrected chi connectivity index (χ3v) is 3.75. The average molecular weight is 349 g/mol. The molecule has 18 heavy (non-hydrogen) atoms. The molecule has 1 aliphatic carbocycles.